The Morgan fingerprint density at radius 3 is 2.88 bits per heavy atom. The number of likely N-dealkylation sites (tertiary alicyclic amines) is 1. The zero-order valence-electron chi connectivity index (χ0n) is 10.1. The van der Waals surface area contributed by atoms with Crippen LogP contribution in [0.15, 0.2) is 0 Å². The summed E-state index contributed by atoms with van der Waals surface area (Å²) in [6.45, 7) is 3.62. The molecule has 0 radical (unpaired) electrons. The van der Waals surface area contributed by atoms with Crippen molar-refractivity contribution in [3.63, 3.8) is 0 Å². The van der Waals surface area contributed by atoms with Crippen LogP contribution in [-0.4, -0.2) is 54.9 Å². The van der Waals surface area contributed by atoms with Gasteiger partial charge in [0.2, 0.25) is 5.91 Å². The maximum atomic E-state index is 11.1. The molecule has 0 bridgehead atoms. The molecule has 1 saturated heterocycles. The lowest BCUT2D eigenvalue weighted by molar-refractivity contribution is -0.124. The number of primary amides is 1. The summed E-state index contributed by atoms with van der Waals surface area (Å²) in [6, 6.07) is 0.391. The molecule has 1 aliphatic heterocycles. The van der Waals surface area contributed by atoms with Crippen LogP contribution in [0.4, 0.5) is 0 Å². The number of rotatable bonds is 5. The van der Waals surface area contributed by atoms with Crippen LogP contribution in [0.5, 0.6) is 0 Å². The second-order valence-corrected chi connectivity index (χ2v) is 4.59. The van der Waals surface area contributed by atoms with Crippen LogP contribution in [0.3, 0.4) is 0 Å². The summed E-state index contributed by atoms with van der Waals surface area (Å²) in [6.07, 6.45) is 1.31. The van der Waals surface area contributed by atoms with Crippen LogP contribution in [0.1, 0.15) is 19.8 Å². The van der Waals surface area contributed by atoms with Gasteiger partial charge in [-0.2, -0.15) is 0 Å². The number of aliphatic hydroxyl groups is 1. The summed E-state index contributed by atoms with van der Waals surface area (Å²) >= 11 is 0. The Kier molecular flexibility index (Phi) is 5.18. The molecule has 0 aliphatic carbocycles. The third-order valence-electron chi connectivity index (χ3n) is 3.22. The van der Waals surface area contributed by atoms with Gasteiger partial charge in [0.15, 0.2) is 0 Å². The van der Waals surface area contributed by atoms with E-state index in [1.54, 1.807) is 7.11 Å². The van der Waals surface area contributed by atoms with Gasteiger partial charge in [0.25, 0.3) is 0 Å². The first-order valence-corrected chi connectivity index (χ1v) is 5.75. The molecular weight excluding hydrogens is 208 g/mol. The molecule has 5 heteroatoms. The molecule has 3 N–H and O–H groups in total. The van der Waals surface area contributed by atoms with Crippen molar-refractivity contribution in [1.29, 1.82) is 0 Å². The highest BCUT2D eigenvalue weighted by molar-refractivity contribution is 5.76. The lowest BCUT2D eigenvalue weighted by atomic mass is 9.93. The quantitative estimate of drug-likeness (QED) is 0.672. The van der Waals surface area contributed by atoms with Crippen molar-refractivity contribution in [2.45, 2.75) is 31.9 Å². The molecule has 0 aromatic carbocycles. The molecule has 1 aliphatic rings. The third-order valence-corrected chi connectivity index (χ3v) is 3.22. The average Bonchev–Trinajstić information content (AvgIpc) is 2.21. The molecule has 16 heavy (non-hydrogen) atoms. The van der Waals surface area contributed by atoms with Crippen LogP contribution >= 0.6 is 0 Å². The molecule has 0 saturated carbocycles. The predicted octanol–water partition coefficient (Wildman–Crippen LogP) is -0.420. The molecule has 94 valence electrons. The first-order valence-electron chi connectivity index (χ1n) is 5.75. The number of methoxy groups -OCH3 is 1. The number of β-amino-alcohol motifs (C(OH)–C–C–N with tert-alkyl or cyclic N) is 1. The van der Waals surface area contributed by atoms with Crippen LogP contribution < -0.4 is 5.73 Å². The second kappa shape index (κ2) is 6.18. The third kappa shape index (κ3) is 3.73. The van der Waals surface area contributed by atoms with Gasteiger partial charge in [-0.25, -0.2) is 0 Å². The maximum Gasteiger partial charge on any atom is 0.221 e. The summed E-state index contributed by atoms with van der Waals surface area (Å²) in [5, 5.41) is 9.66. The molecule has 1 rings (SSSR count). The van der Waals surface area contributed by atoms with Gasteiger partial charge in [-0.05, 0) is 19.8 Å². The van der Waals surface area contributed by atoms with Crippen molar-refractivity contribution >= 4 is 5.91 Å². The van der Waals surface area contributed by atoms with E-state index in [1.807, 2.05) is 0 Å². The number of amides is 1. The minimum absolute atomic E-state index is 0.0778. The fourth-order valence-corrected chi connectivity index (χ4v) is 2.18. The number of ether oxygens (including phenoxy) is 1. The zero-order chi connectivity index (χ0) is 12.1. The molecule has 3 unspecified atom stereocenters. The van der Waals surface area contributed by atoms with Crippen molar-refractivity contribution in [2.24, 2.45) is 11.7 Å². The van der Waals surface area contributed by atoms with Crippen LogP contribution in [0.25, 0.3) is 0 Å². The number of nitrogens with two attached hydrogens (primary N) is 1. The van der Waals surface area contributed by atoms with E-state index in [1.165, 1.54) is 0 Å². The molecule has 0 spiro atoms. The summed E-state index contributed by atoms with van der Waals surface area (Å²) in [7, 11) is 1.56. The fourth-order valence-electron chi connectivity index (χ4n) is 2.18. The summed E-state index contributed by atoms with van der Waals surface area (Å²) in [4.78, 5) is 13.2. The highest BCUT2D eigenvalue weighted by atomic mass is 16.5. The van der Waals surface area contributed by atoms with Gasteiger partial charge in [0.1, 0.15) is 0 Å². The lowest BCUT2D eigenvalue weighted by Crippen LogP contribution is -2.49. The Morgan fingerprint density at radius 1 is 1.62 bits per heavy atom. The second-order valence-electron chi connectivity index (χ2n) is 4.59. The SMILES string of the molecule is COCC(O)CN1CC(C(N)=O)CCC1C. The Labute approximate surface area is 96.6 Å². The number of piperidine rings is 1. The average molecular weight is 230 g/mol. The summed E-state index contributed by atoms with van der Waals surface area (Å²) in [5.41, 5.74) is 5.31. The maximum absolute atomic E-state index is 11.1. The standard InChI is InChI=1S/C11H22N2O3/c1-8-3-4-9(11(12)15)5-13(8)6-10(14)7-16-2/h8-10,14H,3-7H2,1-2H3,(H2,12,15). The van der Waals surface area contributed by atoms with Crippen molar-refractivity contribution < 1.29 is 14.6 Å². The van der Waals surface area contributed by atoms with E-state index >= 15 is 0 Å². The van der Waals surface area contributed by atoms with Crippen molar-refractivity contribution in [3.05, 3.63) is 0 Å². The first-order chi connectivity index (χ1) is 7.54. The molecule has 0 aromatic rings. The Morgan fingerprint density at radius 2 is 2.31 bits per heavy atom. The summed E-state index contributed by atoms with van der Waals surface area (Å²) in [5.74, 6) is -0.316. The Bertz CT molecular complexity index is 235. The Balaban J connectivity index is 2.46. The number of hydrogen-bond acceptors (Lipinski definition) is 4. The molecule has 5 nitrogen and oxygen atoms in total. The molecule has 1 amide bonds. The van der Waals surface area contributed by atoms with Gasteiger partial charge < -0.3 is 15.6 Å². The lowest BCUT2D eigenvalue weighted by Gasteiger charge is -2.37. The van der Waals surface area contributed by atoms with Gasteiger partial charge in [-0.1, -0.05) is 0 Å². The topological polar surface area (TPSA) is 75.8 Å². The number of carbonyl (C=O) groups excluding carboxylic acids is 1. The van der Waals surface area contributed by atoms with E-state index in [0.29, 0.717) is 25.7 Å². The predicted molar refractivity (Wildman–Crippen MR) is 60.8 cm³/mol. The van der Waals surface area contributed by atoms with Crippen molar-refractivity contribution in [1.82, 2.24) is 4.90 Å². The fraction of sp³-hybridized carbons (Fsp3) is 0.909. The van der Waals surface area contributed by atoms with E-state index in [0.717, 1.165) is 12.8 Å². The normalized spacial score (nSPS) is 28.9. The van der Waals surface area contributed by atoms with E-state index in [2.05, 4.69) is 11.8 Å². The minimum atomic E-state index is -0.501. The van der Waals surface area contributed by atoms with Gasteiger partial charge in [-0.3, -0.25) is 9.69 Å². The molecule has 0 aromatic heterocycles. The first kappa shape index (κ1) is 13.4. The van der Waals surface area contributed by atoms with Crippen LogP contribution in [0, 0.1) is 5.92 Å². The van der Waals surface area contributed by atoms with Crippen molar-refractivity contribution in [3.8, 4) is 0 Å². The number of nitrogens with zero attached hydrogens (tertiary/aromatic N) is 1. The van der Waals surface area contributed by atoms with Gasteiger partial charge >= 0.3 is 0 Å². The van der Waals surface area contributed by atoms with Crippen LogP contribution in [-0.2, 0) is 9.53 Å². The smallest absolute Gasteiger partial charge is 0.221 e. The highest BCUT2D eigenvalue weighted by Gasteiger charge is 2.29. The van der Waals surface area contributed by atoms with E-state index < -0.39 is 6.10 Å². The number of carbonyl (C=O) groups is 1. The van der Waals surface area contributed by atoms with Crippen molar-refractivity contribution in [2.75, 3.05) is 26.8 Å². The van der Waals surface area contributed by atoms with Gasteiger partial charge in [-0.15, -0.1) is 0 Å². The van der Waals surface area contributed by atoms with E-state index in [-0.39, 0.29) is 11.8 Å². The minimum Gasteiger partial charge on any atom is -0.389 e. The van der Waals surface area contributed by atoms with Gasteiger partial charge in [0, 0.05) is 26.2 Å². The summed E-state index contributed by atoms with van der Waals surface area (Å²) < 4.78 is 4.89. The molecule has 1 fully saturated rings. The largest absolute Gasteiger partial charge is 0.389 e. The van der Waals surface area contributed by atoms with E-state index in [4.69, 9.17) is 10.5 Å². The van der Waals surface area contributed by atoms with Gasteiger partial charge in [0.05, 0.1) is 18.6 Å². The Hall–Kier alpha value is -0.650. The molecular formula is C11H22N2O3. The highest BCUT2D eigenvalue weighted by Crippen LogP contribution is 2.21. The van der Waals surface area contributed by atoms with Crippen LogP contribution in [0.2, 0.25) is 0 Å². The molecule has 3 atom stereocenters. The van der Waals surface area contributed by atoms with E-state index in [9.17, 15) is 9.90 Å². The number of hydrogen-bond donors (Lipinski definition) is 2. The zero-order valence-corrected chi connectivity index (χ0v) is 10.1. The number of aliphatic hydroxyl groups excluding tert-OH is 1. The monoisotopic (exact) mass is 230 g/mol. The molecule has 1 heterocycles.